The standard InChI is InChI=1S/C18H17N3O3/c1-11(2)21-15-6-4-3-5-14(15)16(18(21)24)19-20-17(23)12-7-9-13(22)10-8-12/h3-11,22,24H,1-2H3. The predicted molar refractivity (Wildman–Crippen MR) is 90.9 cm³/mol. The molecule has 3 rings (SSSR count). The number of azo groups is 1. The fourth-order valence-electron chi connectivity index (χ4n) is 2.61. The molecule has 0 fully saturated rings. The number of nitrogens with zero attached hydrogens (tertiary/aromatic N) is 3. The lowest BCUT2D eigenvalue weighted by Crippen LogP contribution is -1.98. The van der Waals surface area contributed by atoms with Crippen molar-refractivity contribution >= 4 is 22.5 Å². The summed E-state index contributed by atoms with van der Waals surface area (Å²) in [4.78, 5) is 12.1. The Morgan fingerprint density at radius 2 is 1.71 bits per heavy atom. The van der Waals surface area contributed by atoms with E-state index in [1.165, 1.54) is 24.3 Å². The number of carbonyl (C=O) groups excluding carboxylic acids is 1. The molecule has 24 heavy (non-hydrogen) atoms. The molecule has 1 heterocycles. The summed E-state index contributed by atoms with van der Waals surface area (Å²) < 4.78 is 1.74. The number of amides is 1. The SMILES string of the molecule is CC(C)n1c(O)c(N=NC(=O)c2ccc(O)cc2)c2ccccc21. The van der Waals surface area contributed by atoms with Crippen LogP contribution in [0.15, 0.2) is 58.8 Å². The molecular weight excluding hydrogens is 306 g/mol. The third-order valence-corrected chi connectivity index (χ3v) is 3.73. The minimum absolute atomic E-state index is 0.0199. The van der Waals surface area contributed by atoms with Gasteiger partial charge in [0.05, 0.1) is 5.52 Å². The molecule has 2 aromatic carbocycles. The summed E-state index contributed by atoms with van der Waals surface area (Å²) in [6.07, 6.45) is 0. The second-order valence-electron chi connectivity index (χ2n) is 5.71. The minimum Gasteiger partial charge on any atom is -0.508 e. The number of hydrogen-bond donors (Lipinski definition) is 2. The average Bonchev–Trinajstić information content (AvgIpc) is 2.85. The number of aromatic hydroxyl groups is 2. The summed E-state index contributed by atoms with van der Waals surface area (Å²) in [6, 6.07) is 13.2. The molecule has 0 aliphatic carbocycles. The summed E-state index contributed by atoms with van der Waals surface area (Å²) in [5.74, 6) is -0.495. The lowest BCUT2D eigenvalue weighted by atomic mass is 10.2. The van der Waals surface area contributed by atoms with Gasteiger partial charge in [-0.25, -0.2) is 0 Å². The monoisotopic (exact) mass is 323 g/mol. The Morgan fingerprint density at radius 3 is 2.38 bits per heavy atom. The van der Waals surface area contributed by atoms with Gasteiger partial charge in [0.1, 0.15) is 5.75 Å². The van der Waals surface area contributed by atoms with Gasteiger partial charge in [0, 0.05) is 17.0 Å². The van der Waals surface area contributed by atoms with Crippen molar-refractivity contribution in [1.29, 1.82) is 0 Å². The van der Waals surface area contributed by atoms with E-state index in [1.807, 2.05) is 38.1 Å². The molecule has 6 heteroatoms. The van der Waals surface area contributed by atoms with Gasteiger partial charge in [0.15, 0.2) is 5.69 Å². The van der Waals surface area contributed by atoms with Crippen LogP contribution in [-0.4, -0.2) is 20.7 Å². The van der Waals surface area contributed by atoms with Gasteiger partial charge in [-0.1, -0.05) is 18.2 Å². The number of aromatic nitrogens is 1. The molecule has 0 bridgehead atoms. The van der Waals surface area contributed by atoms with E-state index in [0.29, 0.717) is 5.56 Å². The third kappa shape index (κ3) is 2.74. The lowest BCUT2D eigenvalue weighted by molar-refractivity contribution is 0.0995. The van der Waals surface area contributed by atoms with Crippen LogP contribution in [0.5, 0.6) is 11.6 Å². The molecule has 0 saturated carbocycles. The zero-order chi connectivity index (χ0) is 17.3. The first-order chi connectivity index (χ1) is 11.5. The van der Waals surface area contributed by atoms with E-state index in [0.717, 1.165) is 10.9 Å². The van der Waals surface area contributed by atoms with Gasteiger partial charge in [0.2, 0.25) is 5.88 Å². The second kappa shape index (κ2) is 6.16. The molecule has 3 aromatic rings. The van der Waals surface area contributed by atoms with Crippen molar-refractivity contribution in [3.8, 4) is 11.6 Å². The lowest BCUT2D eigenvalue weighted by Gasteiger charge is -2.10. The summed E-state index contributed by atoms with van der Waals surface area (Å²) in [6.45, 7) is 3.91. The highest BCUT2D eigenvalue weighted by molar-refractivity contribution is 5.97. The Hall–Kier alpha value is -3.15. The maximum absolute atomic E-state index is 12.1. The normalized spacial score (nSPS) is 11.6. The van der Waals surface area contributed by atoms with Crippen LogP contribution >= 0.6 is 0 Å². The van der Waals surface area contributed by atoms with Gasteiger partial charge in [-0.3, -0.25) is 4.79 Å². The Kier molecular flexibility index (Phi) is 4.04. The van der Waals surface area contributed by atoms with Crippen LogP contribution < -0.4 is 0 Å². The minimum atomic E-state index is -0.546. The zero-order valence-corrected chi connectivity index (χ0v) is 13.3. The summed E-state index contributed by atoms with van der Waals surface area (Å²) in [5.41, 5.74) is 1.41. The van der Waals surface area contributed by atoms with Crippen LogP contribution in [0.1, 0.15) is 30.2 Å². The molecule has 0 aliphatic heterocycles. The van der Waals surface area contributed by atoms with E-state index in [2.05, 4.69) is 10.2 Å². The molecule has 0 aliphatic rings. The number of phenols is 1. The highest BCUT2D eigenvalue weighted by Gasteiger charge is 2.18. The van der Waals surface area contributed by atoms with Crippen LogP contribution in [0.3, 0.4) is 0 Å². The fraction of sp³-hybridized carbons (Fsp3) is 0.167. The molecular formula is C18H17N3O3. The van der Waals surface area contributed by atoms with Crippen LogP contribution in [0.4, 0.5) is 5.69 Å². The Morgan fingerprint density at radius 1 is 1.04 bits per heavy atom. The van der Waals surface area contributed by atoms with Crippen molar-refractivity contribution in [1.82, 2.24) is 4.57 Å². The summed E-state index contributed by atoms with van der Waals surface area (Å²) in [5, 5.41) is 28.1. The van der Waals surface area contributed by atoms with Crippen LogP contribution in [0, 0.1) is 0 Å². The predicted octanol–water partition coefficient (Wildman–Crippen LogP) is 4.56. The molecule has 122 valence electrons. The van der Waals surface area contributed by atoms with Gasteiger partial charge in [0.25, 0.3) is 5.91 Å². The molecule has 1 amide bonds. The molecule has 0 atom stereocenters. The van der Waals surface area contributed by atoms with E-state index < -0.39 is 5.91 Å². The first-order valence-corrected chi connectivity index (χ1v) is 7.56. The number of fused-ring (bicyclic) bond motifs is 1. The number of carbonyl (C=O) groups is 1. The maximum Gasteiger partial charge on any atom is 0.295 e. The highest BCUT2D eigenvalue weighted by Crippen LogP contribution is 2.40. The first kappa shape index (κ1) is 15.7. The molecule has 2 N–H and O–H groups in total. The molecule has 0 saturated heterocycles. The van der Waals surface area contributed by atoms with Gasteiger partial charge in [-0.2, -0.15) is 0 Å². The van der Waals surface area contributed by atoms with Crippen LogP contribution in [0.25, 0.3) is 10.9 Å². The second-order valence-corrected chi connectivity index (χ2v) is 5.71. The Labute approximate surface area is 138 Å². The Bertz CT molecular complexity index is 925. The van der Waals surface area contributed by atoms with E-state index in [4.69, 9.17) is 0 Å². The average molecular weight is 323 g/mol. The van der Waals surface area contributed by atoms with Crippen molar-refractivity contribution in [3.05, 3.63) is 54.1 Å². The van der Waals surface area contributed by atoms with E-state index in [-0.39, 0.29) is 23.4 Å². The first-order valence-electron chi connectivity index (χ1n) is 7.56. The number of rotatable bonds is 3. The van der Waals surface area contributed by atoms with E-state index >= 15 is 0 Å². The summed E-state index contributed by atoms with van der Waals surface area (Å²) >= 11 is 0. The largest absolute Gasteiger partial charge is 0.508 e. The number of phenolic OH excluding ortho intramolecular Hbond substituents is 1. The molecule has 6 nitrogen and oxygen atoms in total. The fourth-order valence-corrected chi connectivity index (χ4v) is 2.61. The van der Waals surface area contributed by atoms with Crippen molar-refractivity contribution in [3.63, 3.8) is 0 Å². The number of benzene rings is 2. The van der Waals surface area contributed by atoms with E-state index in [9.17, 15) is 15.0 Å². The molecule has 0 unspecified atom stereocenters. The van der Waals surface area contributed by atoms with Crippen molar-refractivity contribution in [2.45, 2.75) is 19.9 Å². The molecule has 0 radical (unpaired) electrons. The van der Waals surface area contributed by atoms with Gasteiger partial charge in [-0.15, -0.1) is 10.2 Å². The third-order valence-electron chi connectivity index (χ3n) is 3.73. The smallest absolute Gasteiger partial charge is 0.295 e. The molecule has 0 spiro atoms. The Balaban J connectivity index is 2.02. The van der Waals surface area contributed by atoms with Crippen molar-refractivity contribution in [2.24, 2.45) is 10.2 Å². The van der Waals surface area contributed by atoms with Crippen LogP contribution in [0.2, 0.25) is 0 Å². The quantitative estimate of drug-likeness (QED) is 0.693. The van der Waals surface area contributed by atoms with E-state index in [1.54, 1.807) is 4.57 Å². The van der Waals surface area contributed by atoms with Gasteiger partial charge < -0.3 is 14.8 Å². The highest BCUT2D eigenvalue weighted by atomic mass is 16.3. The molecule has 1 aromatic heterocycles. The number of hydrogen-bond acceptors (Lipinski definition) is 4. The maximum atomic E-state index is 12.1. The van der Waals surface area contributed by atoms with Crippen LogP contribution in [-0.2, 0) is 0 Å². The zero-order valence-electron chi connectivity index (χ0n) is 13.3. The number of para-hydroxylation sites is 1. The summed E-state index contributed by atoms with van der Waals surface area (Å²) in [7, 11) is 0. The topological polar surface area (TPSA) is 87.2 Å². The van der Waals surface area contributed by atoms with Gasteiger partial charge >= 0.3 is 0 Å². The van der Waals surface area contributed by atoms with Gasteiger partial charge in [-0.05, 0) is 44.2 Å². The van der Waals surface area contributed by atoms with Crippen molar-refractivity contribution in [2.75, 3.05) is 0 Å². The van der Waals surface area contributed by atoms with Crippen molar-refractivity contribution < 1.29 is 15.0 Å².